The molecule has 1 atom stereocenters. The summed E-state index contributed by atoms with van der Waals surface area (Å²) >= 11 is 0. The maximum atomic E-state index is 12.9. The highest BCUT2D eigenvalue weighted by atomic mass is 16.3. The van der Waals surface area contributed by atoms with Gasteiger partial charge in [0.1, 0.15) is 6.04 Å². The summed E-state index contributed by atoms with van der Waals surface area (Å²) in [7, 11) is 0. The molecular formula is C17H27N5O3. The predicted molar refractivity (Wildman–Crippen MR) is 91.9 cm³/mol. The SMILES string of the molecule is CC(=O)N1CCNC[C@H]1C(=O)N1CCC(c2cncn2CCO)CC1. The topological polar surface area (TPSA) is 90.7 Å². The Morgan fingerprint density at radius 1 is 1.32 bits per heavy atom. The number of rotatable bonds is 4. The molecule has 3 heterocycles. The lowest BCUT2D eigenvalue weighted by atomic mass is 9.93. The highest BCUT2D eigenvalue weighted by Gasteiger charge is 2.35. The van der Waals surface area contributed by atoms with Crippen molar-refractivity contribution in [1.82, 2.24) is 24.7 Å². The van der Waals surface area contributed by atoms with E-state index in [1.165, 1.54) is 6.92 Å². The smallest absolute Gasteiger partial charge is 0.246 e. The van der Waals surface area contributed by atoms with E-state index in [-0.39, 0.29) is 24.5 Å². The number of likely N-dealkylation sites (tertiary alicyclic amines) is 1. The van der Waals surface area contributed by atoms with Gasteiger partial charge in [0.05, 0.1) is 12.9 Å². The van der Waals surface area contributed by atoms with Crippen molar-refractivity contribution in [1.29, 1.82) is 0 Å². The van der Waals surface area contributed by atoms with Gasteiger partial charge in [-0.2, -0.15) is 0 Å². The fourth-order valence-electron chi connectivity index (χ4n) is 3.87. The van der Waals surface area contributed by atoms with Gasteiger partial charge in [0.25, 0.3) is 0 Å². The zero-order valence-electron chi connectivity index (χ0n) is 14.7. The lowest BCUT2D eigenvalue weighted by Gasteiger charge is -2.40. The maximum Gasteiger partial charge on any atom is 0.246 e. The number of amides is 2. The predicted octanol–water partition coefficient (Wildman–Crippen LogP) is -0.598. The molecule has 2 N–H and O–H groups in total. The van der Waals surface area contributed by atoms with Crippen molar-refractivity contribution in [2.75, 3.05) is 39.3 Å². The third-order valence-electron chi connectivity index (χ3n) is 5.24. The van der Waals surface area contributed by atoms with E-state index in [0.29, 0.717) is 38.6 Å². The summed E-state index contributed by atoms with van der Waals surface area (Å²) in [5, 5.41) is 12.4. The number of aliphatic hydroxyl groups excluding tert-OH is 1. The van der Waals surface area contributed by atoms with Crippen molar-refractivity contribution in [3.8, 4) is 0 Å². The molecule has 2 saturated heterocycles. The summed E-state index contributed by atoms with van der Waals surface area (Å²) in [5.74, 6) is 0.360. The van der Waals surface area contributed by atoms with Gasteiger partial charge in [0, 0.05) is 64.0 Å². The molecular weight excluding hydrogens is 322 g/mol. The average molecular weight is 349 g/mol. The first-order chi connectivity index (χ1) is 12.1. The molecule has 8 heteroatoms. The van der Waals surface area contributed by atoms with Crippen LogP contribution < -0.4 is 5.32 Å². The Morgan fingerprint density at radius 2 is 2.08 bits per heavy atom. The van der Waals surface area contributed by atoms with Crippen molar-refractivity contribution in [3.05, 3.63) is 18.2 Å². The molecule has 2 aliphatic rings. The van der Waals surface area contributed by atoms with E-state index < -0.39 is 0 Å². The Hall–Kier alpha value is -1.93. The number of aromatic nitrogens is 2. The monoisotopic (exact) mass is 349 g/mol. The molecule has 1 aromatic rings. The van der Waals surface area contributed by atoms with Gasteiger partial charge in [0.2, 0.25) is 11.8 Å². The lowest BCUT2D eigenvalue weighted by molar-refractivity contribution is -0.146. The molecule has 0 spiro atoms. The number of hydrogen-bond donors (Lipinski definition) is 2. The molecule has 1 aromatic heterocycles. The van der Waals surface area contributed by atoms with Crippen molar-refractivity contribution in [2.24, 2.45) is 0 Å². The van der Waals surface area contributed by atoms with E-state index in [2.05, 4.69) is 10.3 Å². The fourth-order valence-corrected chi connectivity index (χ4v) is 3.87. The quantitative estimate of drug-likeness (QED) is 0.758. The normalized spacial score (nSPS) is 22.2. The maximum absolute atomic E-state index is 12.9. The highest BCUT2D eigenvalue weighted by molar-refractivity contribution is 5.87. The van der Waals surface area contributed by atoms with Gasteiger partial charge in [-0.25, -0.2) is 4.98 Å². The van der Waals surface area contributed by atoms with Crippen LogP contribution in [0, 0.1) is 0 Å². The molecule has 0 saturated carbocycles. The van der Waals surface area contributed by atoms with E-state index in [0.717, 1.165) is 25.1 Å². The summed E-state index contributed by atoms with van der Waals surface area (Å²) in [6.07, 6.45) is 5.37. The van der Waals surface area contributed by atoms with E-state index in [9.17, 15) is 9.59 Å². The summed E-state index contributed by atoms with van der Waals surface area (Å²) in [5.41, 5.74) is 1.13. The lowest BCUT2D eigenvalue weighted by Crippen LogP contribution is -2.60. The number of imidazole rings is 1. The molecule has 0 aromatic carbocycles. The molecule has 3 rings (SSSR count). The highest BCUT2D eigenvalue weighted by Crippen LogP contribution is 2.28. The molecule has 2 amide bonds. The zero-order chi connectivity index (χ0) is 17.8. The van der Waals surface area contributed by atoms with Crippen LogP contribution in [0.5, 0.6) is 0 Å². The molecule has 2 aliphatic heterocycles. The van der Waals surface area contributed by atoms with E-state index in [1.54, 1.807) is 11.2 Å². The van der Waals surface area contributed by atoms with Gasteiger partial charge < -0.3 is 24.8 Å². The number of nitrogens with one attached hydrogen (secondary N) is 1. The van der Waals surface area contributed by atoms with Crippen molar-refractivity contribution in [3.63, 3.8) is 0 Å². The van der Waals surface area contributed by atoms with Gasteiger partial charge in [-0.15, -0.1) is 0 Å². The Bertz CT molecular complexity index is 609. The Labute approximate surface area is 147 Å². The number of piperidine rings is 1. The molecule has 8 nitrogen and oxygen atoms in total. The average Bonchev–Trinajstić information content (AvgIpc) is 3.10. The van der Waals surface area contributed by atoms with Crippen molar-refractivity contribution in [2.45, 2.75) is 38.3 Å². The minimum Gasteiger partial charge on any atom is -0.395 e. The standard InChI is InChI=1S/C17H27N5O3/c1-13(24)22-7-4-18-11-16(22)17(25)20-5-2-14(3-6-20)15-10-19-12-21(15)8-9-23/h10,12,14,16,18,23H,2-9,11H2,1H3/t16-/m0/s1. The third-order valence-corrected chi connectivity index (χ3v) is 5.24. The summed E-state index contributed by atoms with van der Waals surface area (Å²) in [4.78, 5) is 32.4. The summed E-state index contributed by atoms with van der Waals surface area (Å²) < 4.78 is 1.99. The first-order valence-electron chi connectivity index (χ1n) is 8.99. The van der Waals surface area contributed by atoms with Crippen LogP contribution in [0.1, 0.15) is 31.4 Å². The number of piperazine rings is 1. The van der Waals surface area contributed by atoms with Crippen LogP contribution >= 0.6 is 0 Å². The second-order valence-corrected chi connectivity index (χ2v) is 6.77. The number of carbonyl (C=O) groups excluding carboxylic acids is 2. The second-order valence-electron chi connectivity index (χ2n) is 6.77. The Balaban J connectivity index is 1.60. The number of hydrogen-bond acceptors (Lipinski definition) is 5. The largest absolute Gasteiger partial charge is 0.395 e. The molecule has 0 bridgehead atoms. The molecule has 0 unspecified atom stereocenters. The van der Waals surface area contributed by atoms with Gasteiger partial charge in [-0.05, 0) is 12.8 Å². The van der Waals surface area contributed by atoms with Gasteiger partial charge in [-0.1, -0.05) is 0 Å². The molecule has 2 fully saturated rings. The molecule has 0 aliphatic carbocycles. The van der Waals surface area contributed by atoms with Gasteiger partial charge in [-0.3, -0.25) is 9.59 Å². The third kappa shape index (κ3) is 3.85. The van der Waals surface area contributed by atoms with Gasteiger partial charge in [0.15, 0.2) is 0 Å². The van der Waals surface area contributed by atoms with Crippen molar-refractivity contribution >= 4 is 11.8 Å². The Kier molecular flexibility index (Phi) is 5.70. The molecule has 0 radical (unpaired) electrons. The van der Waals surface area contributed by atoms with Crippen molar-refractivity contribution < 1.29 is 14.7 Å². The first kappa shape index (κ1) is 17.9. The summed E-state index contributed by atoms with van der Waals surface area (Å²) in [6.45, 7) is 5.41. The minimum absolute atomic E-state index is 0.0392. The van der Waals surface area contributed by atoms with E-state index >= 15 is 0 Å². The zero-order valence-corrected chi connectivity index (χ0v) is 14.7. The number of carbonyl (C=O) groups is 2. The Morgan fingerprint density at radius 3 is 2.76 bits per heavy atom. The van der Waals surface area contributed by atoms with Crippen LogP contribution in [0.15, 0.2) is 12.5 Å². The van der Waals surface area contributed by atoms with Crippen LogP contribution in [0.2, 0.25) is 0 Å². The van der Waals surface area contributed by atoms with Crippen LogP contribution in [0.25, 0.3) is 0 Å². The summed E-state index contributed by atoms with van der Waals surface area (Å²) in [6, 6.07) is -0.386. The fraction of sp³-hybridized carbons (Fsp3) is 0.706. The minimum atomic E-state index is -0.386. The second kappa shape index (κ2) is 7.97. The molecule has 138 valence electrons. The first-order valence-corrected chi connectivity index (χ1v) is 8.99. The van der Waals surface area contributed by atoms with Crippen LogP contribution in [0.4, 0.5) is 0 Å². The van der Waals surface area contributed by atoms with Gasteiger partial charge >= 0.3 is 0 Å². The van der Waals surface area contributed by atoms with E-state index in [1.807, 2.05) is 15.7 Å². The molecule has 25 heavy (non-hydrogen) atoms. The number of aliphatic hydroxyl groups is 1. The number of nitrogens with zero attached hydrogens (tertiary/aromatic N) is 4. The van der Waals surface area contributed by atoms with Crippen LogP contribution in [-0.2, 0) is 16.1 Å². The van der Waals surface area contributed by atoms with E-state index in [4.69, 9.17) is 5.11 Å². The van der Waals surface area contributed by atoms with Crippen LogP contribution in [-0.4, -0.2) is 81.6 Å². The van der Waals surface area contributed by atoms with Crippen LogP contribution in [0.3, 0.4) is 0 Å².